The highest BCUT2D eigenvalue weighted by Gasteiger charge is 2.10. The Balaban J connectivity index is 1.40. The molecule has 1 amide bonds. The number of carbonyl (C=O) groups excluding carboxylic acids is 1. The molecule has 3 N–H and O–H groups in total. The van der Waals surface area contributed by atoms with Crippen LogP contribution in [0, 0.1) is 4.77 Å². The fourth-order valence-corrected chi connectivity index (χ4v) is 3.67. The summed E-state index contributed by atoms with van der Waals surface area (Å²) in [5.74, 6) is 0.709. The number of carbonyl (C=O) groups is 1. The van der Waals surface area contributed by atoms with E-state index >= 15 is 0 Å². The Labute approximate surface area is 167 Å². The minimum atomic E-state index is -0.398. The molecule has 3 aromatic heterocycles. The number of benzene rings is 1. The summed E-state index contributed by atoms with van der Waals surface area (Å²) in [5.41, 5.74) is 3.33. The Morgan fingerprint density at radius 3 is 2.96 bits per heavy atom. The molecular formula is C18H13N5O3S2. The first-order chi connectivity index (χ1) is 13.6. The van der Waals surface area contributed by atoms with E-state index in [2.05, 4.69) is 25.5 Å². The van der Waals surface area contributed by atoms with Gasteiger partial charge in [0.2, 0.25) is 5.91 Å². The van der Waals surface area contributed by atoms with Gasteiger partial charge in [-0.1, -0.05) is 12.1 Å². The quantitative estimate of drug-likeness (QED) is 0.265. The van der Waals surface area contributed by atoms with Crippen molar-refractivity contribution in [3.63, 3.8) is 0 Å². The molecule has 3 heterocycles. The lowest BCUT2D eigenvalue weighted by atomic mass is 10.3. The molecule has 0 aliphatic carbocycles. The number of H-pyrrole nitrogens is 2. The highest BCUT2D eigenvalue weighted by atomic mass is 32.1. The molecule has 1 aromatic carbocycles. The van der Waals surface area contributed by atoms with Crippen LogP contribution in [0.15, 0.2) is 56.8 Å². The van der Waals surface area contributed by atoms with Crippen molar-refractivity contribution >= 4 is 45.9 Å². The number of fused-ring (bicyclic) bond motifs is 1. The third-order valence-corrected chi connectivity index (χ3v) is 4.93. The van der Waals surface area contributed by atoms with Gasteiger partial charge >= 0.3 is 0 Å². The van der Waals surface area contributed by atoms with Crippen molar-refractivity contribution in [2.75, 3.05) is 0 Å². The monoisotopic (exact) mass is 411 g/mol. The highest BCUT2D eigenvalue weighted by molar-refractivity contribution is 7.71. The number of amides is 1. The predicted molar refractivity (Wildman–Crippen MR) is 109 cm³/mol. The molecule has 0 unspecified atom stereocenters. The summed E-state index contributed by atoms with van der Waals surface area (Å²) in [5, 5.41) is 4.64. The Hall–Kier alpha value is -3.37. The number of thiazole rings is 1. The van der Waals surface area contributed by atoms with Crippen LogP contribution in [0.4, 0.5) is 0 Å². The number of rotatable bonds is 5. The first-order valence-corrected chi connectivity index (χ1v) is 9.39. The van der Waals surface area contributed by atoms with Crippen molar-refractivity contribution in [3.05, 3.63) is 69.0 Å². The number of aromatic nitrogens is 3. The molecule has 0 radical (unpaired) electrons. The highest BCUT2D eigenvalue weighted by Crippen LogP contribution is 2.30. The molecule has 4 rings (SSSR count). The zero-order valence-corrected chi connectivity index (χ0v) is 15.9. The smallest absolute Gasteiger partial charge is 0.251 e. The molecule has 0 aliphatic heterocycles. The molecule has 0 aliphatic rings. The first-order valence-electron chi connectivity index (χ1n) is 8.17. The molecule has 10 heteroatoms. The maximum atomic E-state index is 11.9. The summed E-state index contributed by atoms with van der Waals surface area (Å²) in [7, 11) is 0. The molecule has 0 fully saturated rings. The van der Waals surface area contributed by atoms with Crippen LogP contribution < -0.4 is 11.0 Å². The summed E-state index contributed by atoms with van der Waals surface area (Å²) in [6.45, 7) is 0. The lowest BCUT2D eigenvalue weighted by Gasteiger charge is -1.99. The number of hydrogen-bond donors (Lipinski definition) is 3. The molecule has 0 saturated carbocycles. The molecule has 0 spiro atoms. The number of hydrogen-bond acceptors (Lipinski definition) is 7. The molecule has 28 heavy (non-hydrogen) atoms. The number of nitrogens with zero attached hydrogens (tertiary/aromatic N) is 2. The fraction of sp³-hybridized carbons (Fsp3) is 0.0556. The van der Waals surface area contributed by atoms with E-state index < -0.39 is 5.91 Å². The van der Waals surface area contributed by atoms with Crippen LogP contribution in [0.5, 0.6) is 0 Å². The number of para-hydroxylation sites is 1. The second-order valence-corrected chi connectivity index (χ2v) is 7.21. The largest absolute Gasteiger partial charge is 0.453 e. The zero-order chi connectivity index (χ0) is 19.5. The second-order valence-electron chi connectivity index (χ2n) is 5.77. The number of nitrogens with one attached hydrogen (secondary N) is 3. The maximum absolute atomic E-state index is 11.9. The van der Waals surface area contributed by atoms with Crippen LogP contribution in [0.2, 0.25) is 0 Å². The first kappa shape index (κ1) is 18.0. The van der Waals surface area contributed by atoms with Gasteiger partial charge < -0.3 is 9.40 Å². The fourth-order valence-electron chi connectivity index (χ4n) is 2.51. The predicted octanol–water partition coefficient (Wildman–Crippen LogP) is 2.99. The summed E-state index contributed by atoms with van der Waals surface area (Å²) >= 11 is 6.40. The van der Waals surface area contributed by atoms with E-state index in [0.717, 1.165) is 15.2 Å². The third-order valence-electron chi connectivity index (χ3n) is 3.68. The van der Waals surface area contributed by atoms with E-state index in [1.165, 1.54) is 23.6 Å². The number of furan rings is 1. The van der Waals surface area contributed by atoms with Gasteiger partial charge in [-0.3, -0.25) is 14.6 Å². The standard InChI is InChI=1S/C18H13N5O3S2/c24-15-7-10(20-18(27)22-15)8-16(25)23-19-9-11-5-6-13(26-11)17-21-12-3-1-2-4-14(12)28-17/h1-7,9H,8H2,(H,23,25)(H2,20,22,24,27)/b19-9-. The van der Waals surface area contributed by atoms with Crippen molar-refractivity contribution in [3.8, 4) is 10.8 Å². The second kappa shape index (κ2) is 7.71. The summed E-state index contributed by atoms with van der Waals surface area (Å²) in [6.07, 6.45) is 1.34. The van der Waals surface area contributed by atoms with Gasteiger partial charge in [-0.2, -0.15) is 5.10 Å². The summed E-state index contributed by atoms with van der Waals surface area (Å²) in [6, 6.07) is 12.7. The van der Waals surface area contributed by atoms with E-state index in [1.807, 2.05) is 24.3 Å². The average molecular weight is 411 g/mol. The van der Waals surface area contributed by atoms with Gasteiger partial charge in [0.25, 0.3) is 5.56 Å². The Kier molecular flexibility index (Phi) is 4.96. The van der Waals surface area contributed by atoms with Gasteiger partial charge in [0, 0.05) is 11.8 Å². The Morgan fingerprint density at radius 1 is 1.29 bits per heavy atom. The topological polar surface area (TPSA) is 116 Å². The zero-order valence-electron chi connectivity index (χ0n) is 14.3. The van der Waals surface area contributed by atoms with Crippen LogP contribution in [0.1, 0.15) is 11.5 Å². The molecule has 0 bridgehead atoms. The SMILES string of the molecule is O=C(Cc1cc(=O)[nH]c(=S)[nH]1)N/N=C\c1ccc(-c2nc3ccccc3s2)o1. The maximum Gasteiger partial charge on any atom is 0.251 e. The van der Waals surface area contributed by atoms with Gasteiger partial charge in [-0.15, -0.1) is 11.3 Å². The van der Waals surface area contributed by atoms with E-state index in [1.54, 1.807) is 12.1 Å². The summed E-state index contributed by atoms with van der Waals surface area (Å²) < 4.78 is 6.96. The molecule has 140 valence electrons. The van der Waals surface area contributed by atoms with Crippen molar-refractivity contribution in [1.29, 1.82) is 0 Å². The van der Waals surface area contributed by atoms with Crippen molar-refractivity contribution in [2.24, 2.45) is 5.10 Å². The molecule has 0 saturated heterocycles. The van der Waals surface area contributed by atoms with Crippen molar-refractivity contribution < 1.29 is 9.21 Å². The Morgan fingerprint density at radius 2 is 2.14 bits per heavy atom. The minimum Gasteiger partial charge on any atom is -0.453 e. The minimum absolute atomic E-state index is 0.0555. The van der Waals surface area contributed by atoms with Crippen molar-refractivity contribution in [1.82, 2.24) is 20.4 Å². The number of aromatic amines is 2. The average Bonchev–Trinajstić information content (AvgIpc) is 3.27. The molecular weight excluding hydrogens is 398 g/mol. The normalized spacial score (nSPS) is 11.3. The van der Waals surface area contributed by atoms with Gasteiger partial charge in [-0.25, -0.2) is 10.4 Å². The lowest BCUT2D eigenvalue weighted by molar-refractivity contribution is -0.120. The van der Waals surface area contributed by atoms with Crippen LogP contribution in [0.25, 0.3) is 21.0 Å². The van der Waals surface area contributed by atoms with Crippen molar-refractivity contribution in [2.45, 2.75) is 6.42 Å². The lowest BCUT2D eigenvalue weighted by Crippen LogP contribution is -2.21. The van der Waals surface area contributed by atoms with Crippen LogP contribution >= 0.6 is 23.6 Å². The van der Waals surface area contributed by atoms with Crippen LogP contribution in [-0.4, -0.2) is 27.1 Å². The molecule has 8 nitrogen and oxygen atoms in total. The molecule has 0 atom stereocenters. The number of hydrazone groups is 1. The van der Waals surface area contributed by atoms with E-state index in [4.69, 9.17) is 16.6 Å². The van der Waals surface area contributed by atoms with E-state index in [0.29, 0.717) is 17.2 Å². The van der Waals surface area contributed by atoms with E-state index in [9.17, 15) is 9.59 Å². The Bertz CT molecular complexity index is 1240. The van der Waals surface area contributed by atoms with Gasteiger partial charge in [0.05, 0.1) is 22.9 Å². The van der Waals surface area contributed by atoms with Gasteiger partial charge in [-0.05, 0) is 36.5 Å². The molecule has 4 aromatic rings. The van der Waals surface area contributed by atoms with Gasteiger partial charge in [0.15, 0.2) is 15.5 Å². The van der Waals surface area contributed by atoms with E-state index in [-0.39, 0.29) is 16.8 Å². The van der Waals surface area contributed by atoms with Gasteiger partial charge in [0.1, 0.15) is 5.76 Å². The summed E-state index contributed by atoms with van der Waals surface area (Å²) in [4.78, 5) is 32.9. The third kappa shape index (κ3) is 4.13. The van der Waals surface area contributed by atoms with Crippen LogP contribution in [-0.2, 0) is 11.2 Å². The van der Waals surface area contributed by atoms with Crippen LogP contribution in [0.3, 0.4) is 0 Å².